The number of thiazole rings is 1. The van der Waals surface area contributed by atoms with E-state index >= 15 is 0 Å². The maximum Gasteiger partial charge on any atom is 0.270 e. The Morgan fingerprint density at radius 3 is 2.71 bits per heavy atom. The third-order valence-electron chi connectivity index (χ3n) is 4.39. The number of anilines is 1. The number of nitro groups is 1. The Balaban J connectivity index is 1.89. The van der Waals surface area contributed by atoms with Gasteiger partial charge in [0.05, 0.1) is 9.62 Å². The second-order valence-electron chi connectivity index (χ2n) is 7.06. The number of carbonyl (C=O) groups is 1. The van der Waals surface area contributed by atoms with Crippen LogP contribution in [0.4, 0.5) is 19.6 Å². The van der Waals surface area contributed by atoms with Gasteiger partial charge in [0, 0.05) is 30.8 Å². The molecule has 0 aliphatic rings. The Kier molecular flexibility index (Phi) is 7.03. The third kappa shape index (κ3) is 5.68. The van der Waals surface area contributed by atoms with Crippen LogP contribution in [0.25, 0.3) is 16.3 Å². The van der Waals surface area contributed by atoms with Crippen LogP contribution >= 0.6 is 11.3 Å². The molecule has 0 aliphatic carbocycles. The van der Waals surface area contributed by atoms with Crippen molar-refractivity contribution in [3.8, 4) is 0 Å². The molecule has 2 aromatic carbocycles. The van der Waals surface area contributed by atoms with Gasteiger partial charge >= 0.3 is 0 Å². The fraction of sp³-hybridized carbons (Fsp3) is 0.238. The van der Waals surface area contributed by atoms with Crippen LogP contribution in [0, 0.1) is 21.7 Å². The van der Waals surface area contributed by atoms with Crippen LogP contribution in [-0.4, -0.2) is 47.9 Å². The lowest BCUT2D eigenvalue weighted by atomic mass is 10.2. The predicted molar refractivity (Wildman–Crippen MR) is 117 cm³/mol. The molecule has 0 fully saturated rings. The van der Waals surface area contributed by atoms with Crippen LogP contribution in [0.5, 0.6) is 0 Å². The molecule has 1 aromatic heterocycles. The number of amides is 1. The van der Waals surface area contributed by atoms with E-state index in [0.717, 1.165) is 17.4 Å². The van der Waals surface area contributed by atoms with E-state index in [-0.39, 0.29) is 16.3 Å². The summed E-state index contributed by atoms with van der Waals surface area (Å²) in [6.07, 6.45) is 3.40. The summed E-state index contributed by atoms with van der Waals surface area (Å²) in [6.45, 7) is 1.03. The van der Waals surface area contributed by atoms with Gasteiger partial charge in [0.25, 0.3) is 11.6 Å². The van der Waals surface area contributed by atoms with Gasteiger partial charge < -0.3 is 4.90 Å². The predicted octanol–water partition coefficient (Wildman–Crippen LogP) is 4.48. The number of hydrogen-bond acceptors (Lipinski definition) is 6. The van der Waals surface area contributed by atoms with Crippen molar-refractivity contribution in [2.24, 2.45) is 0 Å². The standard InChI is InChI=1S/C21H20F2N4O3S/c1-25(2)9-4-10-26(21-24-20-17(23)12-15(22)13-18(20)31-21)19(28)8-7-14-5-3-6-16(11-14)27(29)30/h3,5-8,11-13H,4,9-10H2,1-2H3/b8-7+. The fourth-order valence-corrected chi connectivity index (χ4v) is 3.94. The zero-order chi connectivity index (χ0) is 22.5. The molecule has 0 N–H and O–H groups in total. The SMILES string of the molecule is CN(C)CCCN(C(=O)/C=C/c1cccc([N+](=O)[O-])c1)c1nc2c(F)cc(F)cc2s1. The van der Waals surface area contributed by atoms with E-state index in [1.165, 1.54) is 41.3 Å². The first-order chi connectivity index (χ1) is 14.7. The molecule has 3 aromatic rings. The van der Waals surface area contributed by atoms with E-state index in [1.807, 2.05) is 19.0 Å². The Bertz CT molecular complexity index is 1150. The van der Waals surface area contributed by atoms with E-state index < -0.39 is 22.5 Å². The van der Waals surface area contributed by atoms with Crippen LogP contribution in [0.3, 0.4) is 0 Å². The Labute approximate surface area is 181 Å². The zero-order valence-corrected chi connectivity index (χ0v) is 17.7. The van der Waals surface area contributed by atoms with E-state index in [9.17, 15) is 23.7 Å². The largest absolute Gasteiger partial charge is 0.309 e. The van der Waals surface area contributed by atoms with Crippen LogP contribution < -0.4 is 4.90 Å². The van der Waals surface area contributed by atoms with Crippen LogP contribution in [0.2, 0.25) is 0 Å². The molecule has 0 spiro atoms. The Morgan fingerprint density at radius 1 is 1.23 bits per heavy atom. The van der Waals surface area contributed by atoms with Gasteiger partial charge in [-0.1, -0.05) is 23.5 Å². The highest BCUT2D eigenvalue weighted by Gasteiger charge is 2.20. The molecule has 31 heavy (non-hydrogen) atoms. The molecule has 3 rings (SSSR count). The van der Waals surface area contributed by atoms with Crippen molar-refractivity contribution in [2.75, 3.05) is 32.1 Å². The molecule has 0 saturated heterocycles. The fourth-order valence-electron chi connectivity index (χ4n) is 2.91. The number of nitro benzene ring substituents is 1. The monoisotopic (exact) mass is 446 g/mol. The van der Waals surface area contributed by atoms with Crippen molar-refractivity contribution in [3.05, 3.63) is 69.8 Å². The highest BCUT2D eigenvalue weighted by Crippen LogP contribution is 2.31. The summed E-state index contributed by atoms with van der Waals surface area (Å²) in [5.74, 6) is -1.91. The van der Waals surface area contributed by atoms with Gasteiger partial charge in [0.15, 0.2) is 10.9 Å². The smallest absolute Gasteiger partial charge is 0.270 e. The zero-order valence-electron chi connectivity index (χ0n) is 16.9. The molecule has 0 bridgehead atoms. The topological polar surface area (TPSA) is 79.6 Å². The van der Waals surface area contributed by atoms with Crippen molar-refractivity contribution >= 4 is 44.4 Å². The maximum atomic E-state index is 14.1. The van der Waals surface area contributed by atoms with Gasteiger partial charge in [-0.25, -0.2) is 13.8 Å². The van der Waals surface area contributed by atoms with Gasteiger partial charge in [-0.05, 0) is 44.8 Å². The first kappa shape index (κ1) is 22.4. The average molecular weight is 446 g/mol. The summed E-state index contributed by atoms with van der Waals surface area (Å²) in [5.41, 5.74) is 0.420. The number of hydrogen-bond donors (Lipinski definition) is 0. The summed E-state index contributed by atoms with van der Waals surface area (Å²) in [5, 5.41) is 11.2. The second kappa shape index (κ2) is 9.71. The lowest BCUT2D eigenvalue weighted by molar-refractivity contribution is -0.384. The normalized spacial score (nSPS) is 11.5. The number of aromatic nitrogens is 1. The van der Waals surface area contributed by atoms with Gasteiger partial charge in [-0.3, -0.25) is 19.8 Å². The first-order valence-corrected chi connectivity index (χ1v) is 10.2. The molecule has 1 heterocycles. The molecule has 0 aliphatic heterocycles. The number of benzene rings is 2. The summed E-state index contributed by atoms with van der Waals surface area (Å²) in [6, 6.07) is 7.83. The number of carbonyl (C=O) groups excluding carboxylic acids is 1. The van der Waals surface area contributed by atoms with Crippen LogP contribution in [0.15, 0.2) is 42.5 Å². The van der Waals surface area contributed by atoms with E-state index in [1.54, 1.807) is 6.07 Å². The molecule has 0 atom stereocenters. The van der Waals surface area contributed by atoms with Crippen LogP contribution in [0.1, 0.15) is 12.0 Å². The van der Waals surface area contributed by atoms with Crippen molar-refractivity contribution in [1.29, 1.82) is 0 Å². The van der Waals surface area contributed by atoms with Gasteiger partial charge in [-0.15, -0.1) is 0 Å². The number of non-ortho nitro benzene ring substituents is 1. The molecule has 0 radical (unpaired) electrons. The molecular formula is C21H20F2N4O3S. The number of halogens is 2. The second-order valence-corrected chi connectivity index (χ2v) is 8.07. The summed E-state index contributed by atoms with van der Waals surface area (Å²) >= 11 is 1.03. The first-order valence-electron chi connectivity index (χ1n) is 9.39. The summed E-state index contributed by atoms with van der Waals surface area (Å²) in [4.78, 5) is 30.9. The minimum Gasteiger partial charge on any atom is -0.309 e. The molecule has 10 heteroatoms. The maximum absolute atomic E-state index is 14.1. The molecule has 1 amide bonds. The quantitative estimate of drug-likeness (QED) is 0.290. The van der Waals surface area contributed by atoms with Gasteiger partial charge in [0.1, 0.15) is 11.3 Å². The minimum atomic E-state index is -0.787. The van der Waals surface area contributed by atoms with E-state index in [2.05, 4.69) is 4.98 Å². The van der Waals surface area contributed by atoms with Crippen molar-refractivity contribution < 1.29 is 18.5 Å². The number of nitrogens with zero attached hydrogens (tertiary/aromatic N) is 4. The highest BCUT2D eigenvalue weighted by molar-refractivity contribution is 7.22. The van der Waals surface area contributed by atoms with Crippen LogP contribution in [-0.2, 0) is 4.79 Å². The molecule has 7 nitrogen and oxygen atoms in total. The van der Waals surface area contributed by atoms with Crippen molar-refractivity contribution in [3.63, 3.8) is 0 Å². The van der Waals surface area contributed by atoms with E-state index in [0.29, 0.717) is 29.8 Å². The lowest BCUT2D eigenvalue weighted by Gasteiger charge is -2.19. The molecule has 0 saturated carbocycles. The van der Waals surface area contributed by atoms with E-state index in [4.69, 9.17) is 0 Å². The molecular weight excluding hydrogens is 426 g/mol. The number of fused-ring (bicyclic) bond motifs is 1. The van der Waals surface area contributed by atoms with Gasteiger partial charge in [-0.2, -0.15) is 0 Å². The third-order valence-corrected chi connectivity index (χ3v) is 5.41. The minimum absolute atomic E-state index is 0.00877. The summed E-state index contributed by atoms with van der Waals surface area (Å²) in [7, 11) is 3.81. The highest BCUT2D eigenvalue weighted by atomic mass is 32.1. The molecule has 0 unspecified atom stereocenters. The Hall–Kier alpha value is -3.24. The van der Waals surface area contributed by atoms with Gasteiger partial charge in [0.2, 0.25) is 0 Å². The Morgan fingerprint density at radius 2 is 2.00 bits per heavy atom. The number of rotatable bonds is 8. The summed E-state index contributed by atoms with van der Waals surface area (Å²) < 4.78 is 27.9. The van der Waals surface area contributed by atoms with Crippen molar-refractivity contribution in [1.82, 2.24) is 9.88 Å². The van der Waals surface area contributed by atoms with Crippen molar-refractivity contribution in [2.45, 2.75) is 6.42 Å². The lowest BCUT2D eigenvalue weighted by Crippen LogP contribution is -2.32. The molecule has 162 valence electrons. The average Bonchev–Trinajstić information content (AvgIpc) is 3.13.